The van der Waals surface area contributed by atoms with Gasteiger partial charge in [0.05, 0.1) is 32.0 Å². The fourth-order valence-electron chi connectivity index (χ4n) is 10.7. The van der Waals surface area contributed by atoms with Gasteiger partial charge in [0.2, 0.25) is 5.91 Å². The lowest BCUT2D eigenvalue weighted by molar-refractivity contribution is -0.359. The zero-order valence-corrected chi connectivity index (χ0v) is 50.6. The maximum Gasteiger partial charge on any atom is 0.220 e. The van der Waals surface area contributed by atoms with E-state index in [2.05, 4.69) is 55.6 Å². The SMILES string of the molecule is CCCCCCCCCC/C=C\CCCCCCCCCCCCCCCCCC(=O)NC(COC1OC(CO)C(OC2OC(CO)C(O)C(O)C2O)C(O)C1O)C(O)/C=C/CC/C=C/CC/C=C/CCCCCCCCCCC. The van der Waals surface area contributed by atoms with E-state index in [0.29, 0.717) is 12.8 Å². The maximum absolute atomic E-state index is 13.3. The van der Waals surface area contributed by atoms with Crippen molar-refractivity contribution in [3.63, 3.8) is 0 Å². The van der Waals surface area contributed by atoms with E-state index < -0.39 is 86.8 Å². The van der Waals surface area contributed by atoms with Crippen LogP contribution in [-0.2, 0) is 23.7 Å². The Kier molecular flexibility index (Phi) is 47.6. The molecule has 9 N–H and O–H groups in total. The van der Waals surface area contributed by atoms with Crippen molar-refractivity contribution in [3.05, 3.63) is 48.6 Å². The van der Waals surface area contributed by atoms with Gasteiger partial charge in [-0.3, -0.25) is 4.79 Å². The van der Waals surface area contributed by atoms with E-state index in [-0.39, 0.29) is 18.9 Å². The van der Waals surface area contributed by atoms with E-state index in [4.69, 9.17) is 18.9 Å². The number of nitrogens with one attached hydrogen (secondary N) is 1. The van der Waals surface area contributed by atoms with Gasteiger partial charge in [-0.1, -0.05) is 242 Å². The molecular formula is C66H121NO13. The number of aliphatic hydroxyl groups excluding tert-OH is 8. The van der Waals surface area contributed by atoms with Crippen molar-refractivity contribution in [3.8, 4) is 0 Å². The number of carbonyl (C=O) groups is 1. The molecule has 14 heteroatoms. The van der Waals surface area contributed by atoms with Crippen LogP contribution in [0.3, 0.4) is 0 Å². The van der Waals surface area contributed by atoms with Crippen molar-refractivity contribution in [2.24, 2.45) is 0 Å². The summed E-state index contributed by atoms with van der Waals surface area (Å²) < 4.78 is 22.8. The highest BCUT2D eigenvalue weighted by Crippen LogP contribution is 2.30. The van der Waals surface area contributed by atoms with Gasteiger partial charge in [0, 0.05) is 6.42 Å². The normalized spacial score (nSPS) is 24.5. The van der Waals surface area contributed by atoms with Crippen molar-refractivity contribution in [2.75, 3.05) is 19.8 Å². The van der Waals surface area contributed by atoms with Gasteiger partial charge in [-0.2, -0.15) is 0 Å². The lowest BCUT2D eigenvalue weighted by atomic mass is 9.97. The second-order valence-electron chi connectivity index (χ2n) is 23.2. The average molecular weight is 1140 g/mol. The van der Waals surface area contributed by atoms with Gasteiger partial charge in [0.1, 0.15) is 48.8 Å². The van der Waals surface area contributed by atoms with E-state index in [1.165, 1.54) is 193 Å². The van der Waals surface area contributed by atoms with E-state index >= 15 is 0 Å². The lowest BCUT2D eigenvalue weighted by Gasteiger charge is -2.46. The van der Waals surface area contributed by atoms with Gasteiger partial charge in [-0.05, 0) is 70.6 Å². The molecule has 0 aromatic carbocycles. The third-order valence-corrected chi connectivity index (χ3v) is 16.0. The van der Waals surface area contributed by atoms with Crippen LogP contribution in [0.4, 0.5) is 0 Å². The smallest absolute Gasteiger partial charge is 0.220 e. The molecule has 468 valence electrons. The van der Waals surface area contributed by atoms with Gasteiger partial charge < -0.3 is 65.1 Å². The first kappa shape index (κ1) is 74.1. The Labute approximate surface area is 486 Å². The molecule has 1 amide bonds. The monoisotopic (exact) mass is 1140 g/mol. The van der Waals surface area contributed by atoms with Gasteiger partial charge in [-0.15, -0.1) is 0 Å². The molecule has 2 heterocycles. The molecule has 0 radical (unpaired) electrons. The van der Waals surface area contributed by atoms with Gasteiger partial charge in [0.25, 0.3) is 0 Å². The highest BCUT2D eigenvalue weighted by atomic mass is 16.7. The molecular weight excluding hydrogens is 1010 g/mol. The Bertz CT molecular complexity index is 1530. The van der Waals surface area contributed by atoms with E-state index in [1.807, 2.05) is 6.08 Å². The summed E-state index contributed by atoms with van der Waals surface area (Å²) in [5.41, 5.74) is 0. The molecule has 80 heavy (non-hydrogen) atoms. The number of carbonyl (C=O) groups excluding carboxylic acids is 1. The summed E-state index contributed by atoms with van der Waals surface area (Å²) in [6, 6.07) is -0.938. The van der Waals surface area contributed by atoms with E-state index in [9.17, 15) is 45.6 Å². The number of unbranched alkanes of at least 4 members (excludes halogenated alkanes) is 34. The summed E-state index contributed by atoms with van der Waals surface area (Å²) >= 11 is 0. The van der Waals surface area contributed by atoms with Crippen molar-refractivity contribution in [1.29, 1.82) is 0 Å². The van der Waals surface area contributed by atoms with Crippen LogP contribution in [0.1, 0.15) is 271 Å². The predicted molar refractivity (Wildman–Crippen MR) is 323 cm³/mol. The molecule has 12 unspecified atom stereocenters. The molecule has 2 aliphatic rings. The second kappa shape index (κ2) is 51.4. The largest absolute Gasteiger partial charge is 0.394 e. The molecule has 12 atom stereocenters. The summed E-state index contributed by atoms with van der Waals surface area (Å²) in [6.45, 7) is 2.79. The molecule has 2 rings (SSSR count). The maximum atomic E-state index is 13.3. The number of aliphatic hydroxyl groups is 8. The summed E-state index contributed by atoms with van der Waals surface area (Å²) in [7, 11) is 0. The van der Waals surface area contributed by atoms with E-state index in [1.54, 1.807) is 6.08 Å². The molecule has 2 saturated heterocycles. The molecule has 0 saturated carbocycles. The Morgan fingerprint density at radius 2 is 0.800 bits per heavy atom. The Morgan fingerprint density at radius 3 is 1.23 bits per heavy atom. The Balaban J connectivity index is 1.72. The number of hydrogen-bond acceptors (Lipinski definition) is 13. The van der Waals surface area contributed by atoms with Crippen molar-refractivity contribution in [1.82, 2.24) is 5.32 Å². The fraction of sp³-hybridized carbons (Fsp3) is 0.864. The number of ether oxygens (including phenoxy) is 4. The Morgan fingerprint density at radius 1 is 0.438 bits per heavy atom. The van der Waals surface area contributed by atoms with Crippen LogP contribution in [-0.4, -0.2) is 140 Å². The van der Waals surface area contributed by atoms with Crippen LogP contribution in [0, 0.1) is 0 Å². The van der Waals surface area contributed by atoms with Crippen molar-refractivity contribution < 1.29 is 64.6 Å². The lowest BCUT2D eigenvalue weighted by Crippen LogP contribution is -2.65. The molecule has 0 aromatic rings. The van der Waals surface area contributed by atoms with Crippen LogP contribution in [0.2, 0.25) is 0 Å². The van der Waals surface area contributed by atoms with Crippen LogP contribution >= 0.6 is 0 Å². The van der Waals surface area contributed by atoms with Gasteiger partial charge >= 0.3 is 0 Å². The number of allylic oxidation sites excluding steroid dienone is 7. The predicted octanol–water partition coefficient (Wildman–Crippen LogP) is 12.3. The topological polar surface area (TPSA) is 228 Å². The number of hydrogen-bond donors (Lipinski definition) is 9. The third-order valence-electron chi connectivity index (χ3n) is 16.0. The first-order chi connectivity index (χ1) is 39.1. The minimum absolute atomic E-state index is 0.251. The quantitative estimate of drug-likeness (QED) is 0.0204. The molecule has 0 aromatic heterocycles. The number of amides is 1. The highest BCUT2D eigenvalue weighted by molar-refractivity contribution is 5.76. The summed E-state index contributed by atoms with van der Waals surface area (Å²) in [4.78, 5) is 13.3. The van der Waals surface area contributed by atoms with Crippen molar-refractivity contribution in [2.45, 2.75) is 344 Å². The van der Waals surface area contributed by atoms with Crippen LogP contribution < -0.4 is 5.32 Å². The average Bonchev–Trinajstić information content (AvgIpc) is 3.49. The zero-order valence-electron chi connectivity index (χ0n) is 50.6. The standard InChI is InChI=1S/C66H121NO13/c1-3-5-7-9-11-13-15-17-19-21-23-24-25-26-27-28-29-30-32-34-36-38-40-42-44-46-48-50-58(71)67-54(55(70)49-47-45-43-41-39-37-35-33-31-22-20-18-16-14-12-10-8-6-4-2)53-77-65-63(76)61(74)64(57(52-69)79-65)80-66-62(75)60(73)59(72)56(51-68)78-66/h21,23,31,33,39,41,47,49,54-57,59-66,68-70,72-76H,3-20,22,24-30,32,34-38,40,42-46,48,50-53H2,1-2H3,(H,67,71)/b23-21-,33-31+,41-39+,49-47+. The molecule has 0 aliphatic carbocycles. The summed E-state index contributed by atoms with van der Waals surface area (Å²) in [5.74, 6) is -0.251. The van der Waals surface area contributed by atoms with Gasteiger partial charge in [-0.25, -0.2) is 0 Å². The Hall–Kier alpha value is -2.05. The highest BCUT2D eigenvalue weighted by Gasteiger charge is 2.51. The minimum atomic E-state index is -1.79. The van der Waals surface area contributed by atoms with Gasteiger partial charge in [0.15, 0.2) is 12.6 Å². The fourth-order valence-corrected chi connectivity index (χ4v) is 10.7. The van der Waals surface area contributed by atoms with Crippen molar-refractivity contribution >= 4 is 5.91 Å². The first-order valence-corrected chi connectivity index (χ1v) is 32.9. The molecule has 2 fully saturated rings. The zero-order chi connectivity index (χ0) is 58.1. The molecule has 0 bridgehead atoms. The first-order valence-electron chi connectivity index (χ1n) is 32.9. The van der Waals surface area contributed by atoms with E-state index in [0.717, 1.165) is 44.9 Å². The summed E-state index contributed by atoms with van der Waals surface area (Å²) in [5, 5.41) is 87.2. The molecule has 14 nitrogen and oxygen atoms in total. The van der Waals surface area contributed by atoms with Crippen LogP contribution in [0.5, 0.6) is 0 Å². The minimum Gasteiger partial charge on any atom is -0.394 e. The third kappa shape index (κ3) is 35.9. The molecule has 0 spiro atoms. The van der Waals surface area contributed by atoms with Crippen LogP contribution in [0.15, 0.2) is 48.6 Å². The number of rotatable bonds is 53. The van der Waals surface area contributed by atoms with Crippen LogP contribution in [0.25, 0.3) is 0 Å². The molecule has 2 aliphatic heterocycles. The summed E-state index contributed by atoms with van der Waals surface area (Å²) in [6.07, 6.45) is 48.8. The second-order valence-corrected chi connectivity index (χ2v) is 23.2.